The van der Waals surface area contributed by atoms with Crippen molar-refractivity contribution in [2.24, 2.45) is 17.3 Å². The Morgan fingerprint density at radius 3 is 2.18 bits per heavy atom. The van der Waals surface area contributed by atoms with Crippen LogP contribution in [0.2, 0.25) is 0 Å². The highest BCUT2D eigenvalue weighted by atomic mass is 16.6. The van der Waals surface area contributed by atoms with Crippen molar-refractivity contribution < 1.29 is 19.1 Å². The van der Waals surface area contributed by atoms with E-state index in [1.165, 1.54) is 5.56 Å². The average Bonchev–Trinajstić information content (AvgIpc) is 3.03. The molecule has 0 spiro atoms. The number of carbonyl (C=O) groups excluding carboxylic acids is 2. The smallest absolute Gasteiger partial charge is 0.410 e. The van der Waals surface area contributed by atoms with Crippen LogP contribution in [0.1, 0.15) is 67.4 Å². The maximum absolute atomic E-state index is 12.9. The van der Waals surface area contributed by atoms with Gasteiger partial charge in [-0.15, -0.1) is 0 Å². The van der Waals surface area contributed by atoms with Gasteiger partial charge in [0.1, 0.15) is 5.60 Å². The predicted octanol–water partition coefficient (Wildman–Crippen LogP) is 5.36. The minimum Gasteiger partial charge on any atom is -0.465 e. The largest absolute Gasteiger partial charge is 0.465 e. The van der Waals surface area contributed by atoms with Gasteiger partial charge in [0.15, 0.2) is 0 Å². The fraction of sp³-hybridized carbons (Fsp3) is 0.704. The number of likely N-dealkylation sites (tertiary alicyclic amines) is 1. The Kier molecular flexibility index (Phi) is 9.36. The van der Waals surface area contributed by atoms with Crippen molar-refractivity contribution in [2.75, 3.05) is 26.2 Å². The van der Waals surface area contributed by atoms with E-state index < -0.39 is 5.60 Å². The van der Waals surface area contributed by atoms with Crippen molar-refractivity contribution in [3.8, 4) is 0 Å². The molecule has 0 bridgehead atoms. The van der Waals surface area contributed by atoms with Gasteiger partial charge in [-0.25, -0.2) is 4.79 Å². The monoisotopic (exact) mass is 460 g/mol. The van der Waals surface area contributed by atoms with Crippen molar-refractivity contribution in [1.82, 2.24) is 9.80 Å². The fourth-order valence-corrected chi connectivity index (χ4v) is 4.16. The minimum atomic E-state index is -0.541. The second kappa shape index (κ2) is 11.4. The summed E-state index contributed by atoms with van der Waals surface area (Å²) < 4.78 is 11.4. The number of rotatable bonds is 8. The lowest BCUT2D eigenvalue weighted by Gasteiger charge is -2.33. The quantitative estimate of drug-likeness (QED) is 0.489. The van der Waals surface area contributed by atoms with Crippen LogP contribution in [0.15, 0.2) is 30.3 Å². The van der Waals surface area contributed by atoms with E-state index >= 15 is 0 Å². The van der Waals surface area contributed by atoms with E-state index in [-0.39, 0.29) is 35.4 Å². The normalized spacial score (nSPS) is 19.5. The lowest BCUT2D eigenvalue weighted by molar-refractivity contribution is -0.147. The first-order chi connectivity index (χ1) is 15.2. The first-order valence-corrected chi connectivity index (χ1v) is 12.1. The average molecular weight is 461 g/mol. The third kappa shape index (κ3) is 9.75. The second-order valence-electron chi connectivity index (χ2n) is 11.8. The van der Waals surface area contributed by atoms with Crippen LogP contribution in [-0.4, -0.2) is 59.7 Å². The maximum atomic E-state index is 12.9. The highest BCUT2D eigenvalue weighted by molar-refractivity contribution is 5.70. The van der Waals surface area contributed by atoms with Gasteiger partial charge < -0.3 is 14.4 Å². The van der Waals surface area contributed by atoms with Crippen LogP contribution >= 0.6 is 0 Å². The van der Waals surface area contributed by atoms with Crippen molar-refractivity contribution in [3.05, 3.63) is 35.9 Å². The van der Waals surface area contributed by atoms with Gasteiger partial charge in [-0.2, -0.15) is 0 Å². The minimum absolute atomic E-state index is 0.0205. The summed E-state index contributed by atoms with van der Waals surface area (Å²) in [6, 6.07) is 10.4. The third-order valence-corrected chi connectivity index (χ3v) is 5.72. The van der Waals surface area contributed by atoms with E-state index in [2.05, 4.69) is 29.2 Å². The van der Waals surface area contributed by atoms with E-state index in [1.807, 2.05) is 66.4 Å². The lowest BCUT2D eigenvalue weighted by atomic mass is 9.92. The van der Waals surface area contributed by atoms with Crippen LogP contribution in [0, 0.1) is 17.3 Å². The number of benzene rings is 1. The van der Waals surface area contributed by atoms with Gasteiger partial charge in [0, 0.05) is 38.1 Å². The topological polar surface area (TPSA) is 59.1 Å². The zero-order valence-electron chi connectivity index (χ0n) is 21.9. The summed E-state index contributed by atoms with van der Waals surface area (Å²) in [5.74, 6) is 0.211. The van der Waals surface area contributed by atoms with Crippen molar-refractivity contribution in [2.45, 2.75) is 80.0 Å². The van der Waals surface area contributed by atoms with Gasteiger partial charge in [0.25, 0.3) is 0 Å². The van der Waals surface area contributed by atoms with Gasteiger partial charge >= 0.3 is 12.1 Å². The first kappa shape index (κ1) is 27.2. The van der Waals surface area contributed by atoms with Crippen LogP contribution < -0.4 is 0 Å². The van der Waals surface area contributed by atoms with Crippen molar-refractivity contribution >= 4 is 12.1 Å². The number of esters is 1. The van der Waals surface area contributed by atoms with Crippen molar-refractivity contribution in [1.29, 1.82) is 0 Å². The van der Waals surface area contributed by atoms with Crippen LogP contribution in [0.4, 0.5) is 4.79 Å². The van der Waals surface area contributed by atoms with Crippen LogP contribution in [0.25, 0.3) is 0 Å². The summed E-state index contributed by atoms with van der Waals surface area (Å²) in [6.45, 7) is 19.3. The maximum Gasteiger partial charge on any atom is 0.410 e. The van der Waals surface area contributed by atoms with Crippen LogP contribution in [0.5, 0.6) is 0 Å². The summed E-state index contributed by atoms with van der Waals surface area (Å²) >= 11 is 0. The van der Waals surface area contributed by atoms with Crippen molar-refractivity contribution in [3.63, 3.8) is 0 Å². The number of carbonyl (C=O) groups is 2. The Hall–Kier alpha value is -2.08. The molecule has 0 radical (unpaired) electrons. The molecule has 1 aromatic carbocycles. The third-order valence-electron chi connectivity index (χ3n) is 5.72. The number of ether oxygens (including phenoxy) is 2. The van der Waals surface area contributed by atoms with Gasteiger partial charge in [-0.3, -0.25) is 9.69 Å². The lowest BCUT2D eigenvalue weighted by Crippen LogP contribution is -2.45. The molecule has 2 rings (SSSR count). The molecule has 2 atom stereocenters. The van der Waals surface area contributed by atoms with Crippen LogP contribution in [0.3, 0.4) is 0 Å². The Balaban J connectivity index is 2.11. The summed E-state index contributed by atoms with van der Waals surface area (Å²) in [4.78, 5) is 29.5. The van der Waals surface area contributed by atoms with E-state index in [0.29, 0.717) is 19.6 Å². The molecule has 0 aromatic heterocycles. The standard InChI is InChI=1S/C27H44N2O4/c1-20(2)29(25(31)33-27(6,7)8)18-22-16-28(15-21-12-10-9-11-13-21)17-23(22)19-32-24(30)14-26(3,4)5/h9-13,20,22-23H,14-19H2,1-8H3. The molecule has 1 aliphatic heterocycles. The van der Waals surface area contributed by atoms with E-state index in [0.717, 1.165) is 19.6 Å². The number of hydrogen-bond acceptors (Lipinski definition) is 5. The molecule has 186 valence electrons. The zero-order valence-corrected chi connectivity index (χ0v) is 21.9. The molecule has 6 heteroatoms. The Morgan fingerprint density at radius 2 is 1.64 bits per heavy atom. The second-order valence-corrected chi connectivity index (χ2v) is 11.8. The zero-order chi connectivity index (χ0) is 24.8. The number of nitrogens with zero attached hydrogens (tertiary/aromatic N) is 2. The van der Waals surface area contributed by atoms with Gasteiger partial charge in [0.2, 0.25) is 0 Å². The van der Waals surface area contributed by atoms with E-state index in [1.54, 1.807) is 0 Å². The molecule has 0 N–H and O–H groups in total. The van der Waals surface area contributed by atoms with Gasteiger partial charge in [-0.1, -0.05) is 51.1 Å². The first-order valence-electron chi connectivity index (χ1n) is 12.1. The Bertz CT molecular complexity index is 765. The van der Waals surface area contributed by atoms with Crippen LogP contribution in [-0.2, 0) is 20.8 Å². The number of amides is 1. The van der Waals surface area contributed by atoms with E-state index in [9.17, 15) is 9.59 Å². The molecule has 2 unspecified atom stereocenters. The predicted molar refractivity (Wildman–Crippen MR) is 132 cm³/mol. The molecule has 1 aliphatic rings. The number of hydrogen-bond donors (Lipinski definition) is 0. The van der Waals surface area contributed by atoms with Gasteiger partial charge in [0.05, 0.1) is 13.0 Å². The SMILES string of the molecule is CC(C)N(CC1CN(Cc2ccccc2)CC1COC(=O)CC(C)(C)C)C(=O)OC(C)(C)C. The molecular formula is C27H44N2O4. The highest BCUT2D eigenvalue weighted by Crippen LogP contribution is 2.28. The van der Waals surface area contributed by atoms with Gasteiger partial charge in [-0.05, 0) is 51.5 Å². The summed E-state index contributed by atoms with van der Waals surface area (Å²) in [5, 5.41) is 0. The fourth-order valence-electron chi connectivity index (χ4n) is 4.16. The summed E-state index contributed by atoms with van der Waals surface area (Å²) in [7, 11) is 0. The molecule has 1 aromatic rings. The molecule has 1 saturated heterocycles. The molecule has 6 nitrogen and oxygen atoms in total. The molecule has 1 fully saturated rings. The molecular weight excluding hydrogens is 416 g/mol. The molecule has 0 saturated carbocycles. The molecule has 33 heavy (non-hydrogen) atoms. The summed E-state index contributed by atoms with van der Waals surface area (Å²) in [5.41, 5.74) is 0.618. The Labute approximate surface area is 200 Å². The Morgan fingerprint density at radius 1 is 1.03 bits per heavy atom. The highest BCUT2D eigenvalue weighted by Gasteiger charge is 2.37. The molecule has 1 amide bonds. The molecule has 0 aliphatic carbocycles. The van der Waals surface area contributed by atoms with E-state index in [4.69, 9.17) is 9.47 Å². The summed E-state index contributed by atoms with van der Waals surface area (Å²) in [6.07, 6.45) is 0.108. The molecule has 1 heterocycles.